The summed E-state index contributed by atoms with van der Waals surface area (Å²) in [5.41, 5.74) is -0.125. The Labute approximate surface area is 163 Å². The number of nitrogens with zero attached hydrogens (tertiary/aromatic N) is 2. The smallest absolute Gasteiger partial charge is 0.406 e. The average molecular weight is 478 g/mol. The van der Waals surface area contributed by atoms with E-state index in [1.165, 1.54) is 0 Å². The van der Waals surface area contributed by atoms with Crippen molar-refractivity contribution in [3.8, 4) is 11.4 Å². The van der Waals surface area contributed by atoms with E-state index in [0.29, 0.717) is 0 Å². The highest BCUT2D eigenvalue weighted by molar-refractivity contribution is 7.86. The van der Waals surface area contributed by atoms with E-state index in [4.69, 9.17) is 46.4 Å². The van der Waals surface area contributed by atoms with Gasteiger partial charge in [-0.2, -0.15) is 17.0 Å². The van der Waals surface area contributed by atoms with Crippen molar-refractivity contribution in [2.24, 2.45) is 0 Å². The van der Waals surface area contributed by atoms with E-state index in [-0.39, 0.29) is 15.7 Å². The normalized spacial score (nSPS) is 13.1. The van der Waals surface area contributed by atoms with Gasteiger partial charge < -0.3 is 9.30 Å². The molecule has 1 aromatic carbocycles. The van der Waals surface area contributed by atoms with Gasteiger partial charge in [0, 0.05) is 12.1 Å². The minimum Gasteiger partial charge on any atom is -0.406 e. The van der Waals surface area contributed by atoms with Gasteiger partial charge in [0.25, 0.3) is 0 Å². The number of ether oxygens (including phenoxy) is 1. The van der Waals surface area contributed by atoms with E-state index >= 15 is 0 Å². The van der Waals surface area contributed by atoms with Crippen molar-refractivity contribution in [3.05, 3.63) is 34.7 Å². The Kier molecular flexibility index (Phi) is 5.91. The van der Waals surface area contributed by atoms with E-state index in [0.717, 1.165) is 29.2 Å². The summed E-state index contributed by atoms with van der Waals surface area (Å²) in [6.07, 6.45) is -3.29. The van der Waals surface area contributed by atoms with Crippen molar-refractivity contribution in [1.82, 2.24) is 9.55 Å². The van der Waals surface area contributed by atoms with Crippen LogP contribution >= 0.6 is 46.4 Å². The maximum atomic E-state index is 13.0. The Hall–Kier alpha value is -0.980. The summed E-state index contributed by atoms with van der Waals surface area (Å²) in [6.45, 7) is 0. The van der Waals surface area contributed by atoms with Gasteiger partial charge in [0.05, 0.1) is 21.9 Å². The summed E-state index contributed by atoms with van der Waals surface area (Å²) in [5, 5.41) is -1.47. The van der Waals surface area contributed by atoms with Crippen LogP contribution in [0.25, 0.3) is 5.69 Å². The number of benzene rings is 1. The minimum absolute atomic E-state index is 0.125. The molecule has 26 heavy (non-hydrogen) atoms. The fourth-order valence-corrected chi connectivity index (χ4v) is 3.62. The van der Waals surface area contributed by atoms with Crippen LogP contribution in [0.4, 0.5) is 17.6 Å². The molecule has 0 saturated carbocycles. The molecular formula is C11H4Cl4F4N2O4S. The lowest BCUT2D eigenvalue weighted by atomic mass is 10.3. The second-order valence-electron chi connectivity index (χ2n) is 4.39. The van der Waals surface area contributed by atoms with Crippen molar-refractivity contribution in [3.63, 3.8) is 0 Å². The first-order valence-corrected chi connectivity index (χ1v) is 8.91. The fraction of sp³-hybridized carbons (Fsp3) is 0.182. The van der Waals surface area contributed by atoms with E-state index in [9.17, 15) is 26.0 Å². The van der Waals surface area contributed by atoms with E-state index in [1.54, 1.807) is 0 Å². The highest BCUT2D eigenvalue weighted by atomic mass is 35.5. The number of imidazole rings is 1. The van der Waals surface area contributed by atoms with Crippen molar-refractivity contribution >= 4 is 56.5 Å². The van der Waals surface area contributed by atoms with Crippen LogP contribution in [-0.4, -0.2) is 29.1 Å². The maximum absolute atomic E-state index is 13.0. The van der Waals surface area contributed by atoms with Crippen LogP contribution in [0, 0.1) is 0 Å². The lowest BCUT2D eigenvalue weighted by Crippen LogP contribution is -2.18. The van der Waals surface area contributed by atoms with Crippen LogP contribution in [0.1, 0.15) is 0 Å². The number of aromatic nitrogens is 2. The van der Waals surface area contributed by atoms with Gasteiger partial charge in [-0.15, -0.1) is 13.2 Å². The Bertz CT molecular complexity index is 904. The molecule has 0 bridgehead atoms. The van der Waals surface area contributed by atoms with Crippen LogP contribution in [0.3, 0.4) is 0 Å². The van der Waals surface area contributed by atoms with Crippen molar-refractivity contribution in [2.45, 2.75) is 16.2 Å². The summed E-state index contributed by atoms with van der Waals surface area (Å²) in [6, 6.07) is 1.59. The van der Waals surface area contributed by atoms with E-state index in [2.05, 4.69) is 13.9 Å². The zero-order valence-corrected chi connectivity index (χ0v) is 15.6. The molecule has 0 spiro atoms. The lowest BCUT2D eigenvalue weighted by molar-refractivity contribution is -0.274. The molecule has 0 aliphatic rings. The zero-order valence-electron chi connectivity index (χ0n) is 11.8. The molecule has 1 aromatic heterocycles. The Morgan fingerprint density at radius 2 is 1.62 bits per heavy atom. The predicted octanol–water partition coefficient (Wildman–Crippen LogP) is 4.84. The molecule has 0 fully saturated rings. The molecule has 2 rings (SSSR count). The van der Waals surface area contributed by atoms with Crippen LogP contribution in [0.15, 0.2) is 29.7 Å². The monoisotopic (exact) mass is 476 g/mol. The van der Waals surface area contributed by atoms with Crippen LogP contribution in [-0.2, 0) is 14.3 Å². The highest BCUT2D eigenvalue weighted by Gasteiger charge is 2.34. The number of hydrogen-bond acceptors (Lipinski definition) is 5. The Balaban J connectivity index is 2.41. The van der Waals surface area contributed by atoms with Gasteiger partial charge in [0.2, 0.25) is 5.03 Å². The molecule has 0 unspecified atom stereocenters. The van der Waals surface area contributed by atoms with Crippen LogP contribution in [0.2, 0.25) is 10.0 Å². The van der Waals surface area contributed by atoms with Gasteiger partial charge >= 0.3 is 21.3 Å². The Morgan fingerprint density at radius 1 is 1.08 bits per heavy atom. The molecule has 6 nitrogen and oxygen atoms in total. The topological polar surface area (TPSA) is 70.4 Å². The first-order chi connectivity index (χ1) is 11.7. The van der Waals surface area contributed by atoms with Gasteiger partial charge in [0.1, 0.15) is 12.1 Å². The fourth-order valence-electron chi connectivity index (χ4n) is 1.70. The molecule has 0 aliphatic carbocycles. The molecule has 0 N–H and O–H groups in total. The van der Waals surface area contributed by atoms with E-state index < -0.39 is 32.0 Å². The third-order valence-corrected chi connectivity index (χ3v) is 4.59. The largest absolute Gasteiger partial charge is 0.573 e. The summed E-state index contributed by atoms with van der Waals surface area (Å²) >= 11 is 21.4. The molecule has 144 valence electrons. The molecule has 0 amide bonds. The minimum atomic E-state index is -4.97. The third kappa shape index (κ3) is 5.51. The summed E-state index contributed by atoms with van der Waals surface area (Å²) in [4.78, 5) is 3.45. The lowest BCUT2D eigenvalue weighted by Gasteiger charge is -2.13. The van der Waals surface area contributed by atoms with Gasteiger partial charge in [-0.1, -0.05) is 23.2 Å². The zero-order chi connectivity index (χ0) is 19.9. The average Bonchev–Trinajstić information content (AvgIpc) is 2.82. The molecular weight excluding hydrogens is 474 g/mol. The van der Waals surface area contributed by atoms with Crippen molar-refractivity contribution in [2.75, 3.05) is 0 Å². The second kappa shape index (κ2) is 7.21. The highest BCUT2D eigenvalue weighted by Crippen LogP contribution is 2.36. The summed E-state index contributed by atoms with van der Waals surface area (Å²) < 4.78 is 78.1. The molecule has 0 atom stereocenters. The number of alkyl halides is 6. The van der Waals surface area contributed by atoms with Gasteiger partial charge in [-0.05, 0) is 23.2 Å². The molecule has 1 heterocycles. The maximum Gasteiger partial charge on any atom is 0.573 e. The van der Waals surface area contributed by atoms with Crippen LogP contribution < -0.4 is 4.74 Å². The van der Waals surface area contributed by atoms with Gasteiger partial charge in [0.15, 0.2) is 0 Å². The van der Waals surface area contributed by atoms with Crippen LogP contribution in [0.5, 0.6) is 5.75 Å². The number of rotatable bonds is 5. The predicted molar refractivity (Wildman–Crippen MR) is 84.1 cm³/mol. The molecule has 2 aromatic rings. The Morgan fingerprint density at radius 3 is 2.08 bits per heavy atom. The molecule has 15 heteroatoms. The molecule has 0 radical (unpaired) electrons. The second-order valence-corrected chi connectivity index (χ2v) is 7.86. The van der Waals surface area contributed by atoms with E-state index in [1.807, 2.05) is 0 Å². The number of hydrogen-bond donors (Lipinski definition) is 0. The molecule has 0 aliphatic heterocycles. The quantitative estimate of drug-likeness (QED) is 0.350. The molecule has 0 saturated heterocycles. The summed E-state index contributed by atoms with van der Waals surface area (Å²) in [7, 11) is -4.79. The first-order valence-electron chi connectivity index (χ1n) is 5.99. The third-order valence-electron chi connectivity index (χ3n) is 2.50. The van der Waals surface area contributed by atoms with Crippen molar-refractivity contribution in [1.29, 1.82) is 0 Å². The SMILES string of the molecule is O=S(=O)(OC(F)(Cl)Cl)c1cn(-c2c(Cl)cc(OC(F)(F)F)cc2Cl)cn1. The van der Waals surface area contributed by atoms with Gasteiger partial charge in [-0.25, -0.2) is 4.98 Å². The number of halogens is 8. The van der Waals surface area contributed by atoms with Crippen molar-refractivity contribution < 1.29 is 34.9 Å². The first kappa shape index (κ1) is 21.3. The standard InChI is InChI=1S/C11H4Cl4F4N2O4S/c12-6-1-5(24-11(17,18)19)2-7(13)9(6)21-3-8(20-4-21)26(22,23)25-10(14,15)16/h1-4H. The summed E-state index contributed by atoms with van der Waals surface area (Å²) in [5.74, 6) is -0.695. The van der Waals surface area contributed by atoms with Gasteiger partial charge in [-0.3, -0.25) is 0 Å².